The lowest BCUT2D eigenvalue weighted by atomic mass is 10.2. The minimum Gasteiger partial charge on any atom is -0.396 e. The maximum Gasteiger partial charge on any atom is 0.252 e. The molecule has 1 amide bonds. The number of hydrogen-bond acceptors (Lipinski definition) is 3. The molecule has 1 aromatic rings. The lowest BCUT2D eigenvalue weighted by Crippen LogP contribution is -2.31. The molecule has 0 aliphatic carbocycles. The van der Waals surface area contributed by atoms with Crippen LogP contribution in [-0.4, -0.2) is 38.0 Å². The lowest BCUT2D eigenvalue weighted by Gasteiger charge is -2.11. The van der Waals surface area contributed by atoms with Crippen molar-refractivity contribution in [2.24, 2.45) is 0 Å². The Balaban J connectivity index is 2.72. The Labute approximate surface area is 108 Å². The van der Waals surface area contributed by atoms with Crippen LogP contribution in [0.3, 0.4) is 0 Å². The van der Waals surface area contributed by atoms with Gasteiger partial charge in [-0.25, -0.2) is 4.39 Å². The van der Waals surface area contributed by atoms with Gasteiger partial charge in [0.05, 0.1) is 11.3 Å². The number of halogens is 2. The molecular formula is C11H15BrFN3O. The van der Waals surface area contributed by atoms with Gasteiger partial charge < -0.3 is 16.0 Å². The van der Waals surface area contributed by atoms with Gasteiger partial charge in [0, 0.05) is 17.6 Å². The Kier molecular flexibility index (Phi) is 4.89. The van der Waals surface area contributed by atoms with Crippen molar-refractivity contribution >= 4 is 27.5 Å². The molecule has 0 aliphatic heterocycles. The molecule has 0 atom stereocenters. The highest BCUT2D eigenvalue weighted by molar-refractivity contribution is 9.10. The summed E-state index contributed by atoms with van der Waals surface area (Å²) in [7, 11) is 3.83. The summed E-state index contributed by atoms with van der Waals surface area (Å²) in [5.74, 6) is -0.813. The van der Waals surface area contributed by atoms with Crippen molar-refractivity contribution in [3.05, 3.63) is 28.0 Å². The first-order valence-electron chi connectivity index (χ1n) is 5.09. The number of benzene rings is 1. The van der Waals surface area contributed by atoms with E-state index in [1.54, 1.807) is 0 Å². The van der Waals surface area contributed by atoms with Gasteiger partial charge in [0.2, 0.25) is 0 Å². The van der Waals surface area contributed by atoms with E-state index in [4.69, 9.17) is 5.73 Å². The van der Waals surface area contributed by atoms with Crippen LogP contribution in [0.2, 0.25) is 0 Å². The third-order valence-corrected chi connectivity index (χ3v) is 2.83. The van der Waals surface area contributed by atoms with Crippen LogP contribution in [0.25, 0.3) is 0 Å². The highest BCUT2D eigenvalue weighted by atomic mass is 79.9. The van der Waals surface area contributed by atoms with Crippen molar-refractivity contribution in [1.82, 2.24) is 10.2 Å². The van der Waals surface area contributed by atoms with E-state index < -0.39 is 5.82 Å². The fourth-order valence-corrected chi connectivity index (χ4v) is 1.72. The zero-order chi connectivity index (χ0) is 13.0. The number of anilines is 1. The summed E-state index contributed by atoms with van der Waals surface area (Å²) in [6.45, 7) is 1.26. The van der Waals surface area contributed by atoms with Gasteiger partial charge in [0.25, 0.3) is 5.91 Å². The largest absolute Gasteiger partial charge is 0.396 e. The first-order valence-corrected chi connectivity index (χ1v) is 5.88. The smallest absolute Gasteiger partial charge is 0.252 e. The van der Waals surface area contributed by atoms with Crippen molar-refractivity contribution in [1.29, 1.82) is 0 Å². The second kappa shape index (κ2) is 5.97. The zero-order valence-electron chi connectivity index (χ0n) is 9.76. The summed E-state index contributed by atoms with van der Waals surface area (Å²) in [6.07, 6.45) is 0. The fraction of sp³-hybridized carbons (Fsp3) is 0.364. The fourth-order valence-electron chi connectivity index (χ4n) is 1.23. The number of nitrogen functional groups attached to an aromatic ring is 1. The first-order chi connectivity index (χ1) is 7.91. The molecule has 0 spiro atoms. The third-order valence-electron chi connectivity index (χ3n) is 2.18. The minimum atomic E-state index is -0.540. The maximum absolute atomic E-state index is 13.1. The molecule has 1 rings (SSSR count). The summed E-state index contributed by atoms with van der Waals surface area (Å²) >= 11 is 3.14. The van der Waals surface area contributed by atoms with Gasteiger partial charge >= 0.3 is 0 Å². The molecule has 0 bridgehead atoms. The highest BCUT2D eigenvalue weighted by Crippen LogP contribution is 2.22. The van der Waals surface area contributed by atoms with Crippen LogP contribution in [-0.2, 0) is 0 Å². The highest BCUT2D eigenvalue weighted by Gasteiger charge is 2.12. The molecule has 4 nitrogen and oxygen atoms in total. The molecule has 1 aromatic carbocycles. The molecule has 0 aromatic heterocycles. The second-order valence-electron chi connectivity index (χ2n) is 3.91. The Morgan fingerprint density at radius 3 is 2.76 bits per heavy atom. The average molecular weight is 304 g/mol. The normalized spacial score (nSPS) is 10.6. The number of carbonyl (C=O) groups is 1. The van der Waals surface area contributed by atoms with Crippen LogP contribution in [0.1, 0.15) is 10.4 Å². The van der Waals surface area contributed by atoms with Gasteiger partial charge in [-0.1, -0.05) is 0 Å². The predicted molar refractivity (Wildman–Crippen MR) is 69.4 cm³/mol. The summed E-state index contributed by atoms with van der Waals surface area (Å²) in [4.78, 5) is 13.7. The van der Waals surface area contributed by atoms with Crippen LogP contribution < -0.4 is 11.1 Å². The predicted octanol–water partition coefficient (Wildman–Crippen LogP) is 1.46. The number of hydrogen-bond donors (Lipinski definition) is 2. The maximum atomic E-state index is 13.1. The number of amides is 1. The summed E-state index contributed by atoms with van der Waals surface area (Å²) in [5.41, 5.74) is 5.72. The van der Waals surface area contributed by atoms with E-state index >= 15 is 0 Å². The Hall–Kier alpha value is -1.14. The quantitative estimate of drug-likeness (QED) is 0.828. The number of carbonyl (C=O) groups excluding carboxylic acids is 1. The van der Waals surface area contributed by atoms with Crippen molar-refractivity contribution in [2.75, 3.05) is 32.9 Å². The van der Waals surface area contributed by atoms with E-state index in [1.165, 1.54) is 12.1 Å². The van der Waals surface area contributed by atoms with Crippen molar-refractivity contribution < 1.29 is 9.18 Å². The molecule has 0 fully saturated rings. The van der Waals surface area contributed by atoms with E-state index in [0.717, 1.165) is 6.54 Å². The molecule has 3 N–H and O–H groups in total. The number of nitrogens with one attached hydrogen (secondary N) is 1. The molecule has 0 aliphatic rings. The summed E-state index contributed by atoms with van der Waals surface area (Å²) in [6, 6.07) is 2.51. The molecule has 17 heavy (non-hydrogen) atoms. The zero-order valence-corrected chi connectivity index (χ0v) is 11.3. The second-order valence-corrected chi connectivity index (χ2v) is 4.77. The molecule has 6 heteroatoms. The van der Waals surface area contributed by atoms with Crippen molar-refractivity contribution in [3.63, 3.8) is 0 Å². The van der Waals surface area contributed by atoms with E-state index in [0.29, 0.717) is 16.6 Å². The number of likely N-dealkylation sites (N-methyl/N-ethyl adjacent to an activating group) is 1. The van der Waals surface area contributed by atoms with Crippen LogP contribution in [0.5, 0.6) is 0 Å². The monoisotopic (exact) mass is 303 g/mol. The number of nitrogens with two attached hydrogens (primary N) is 1. The number of nitrogens with zero attached hydrogens (tertiary/aromatic N) is 1. The van der Waals surface area contributed by atoms with Crippen LogP contribution in [0.4, 0.5) is 10.1 Å². The Morgan fingerprint density at radius 2 is 2.18 bits per heavy atom. The Morgan fingerprint density at radius 1 is 1.53 bits per heavy atom. The molecule has 0 unspecified atom stereocenters. The van der Waals surface area contributed by atoms with Crippen LogP contribution >= 0.6 is 15.9 Å². The first kappa shape index (κ1) is 13.9. The standard InChI is InChI=1S/C11H15BrFN3O/c1-16(2)4-3-15-11(17)7-5-10(14)9(13)6-8(7)12/h5-6H,3-4,14H2,1-2H3,(H,15,17). The van der Waals surface area contributed by atoms with Crippen LogP contribution in [0, 0.1) is 5.82 Å². The van der Waals surface area contributed by atoms with Crippen molar-refractivity contribution in [3.8, 4) is 0 Å². The average Bonchev–Trinajstić information content (AvgIpc) is 2.22. The molecule has 0 saturated heterocycles. The van der Waals surface area contributed by atoms with Gasteiger partial charge in [0.15, 0.2) is 0 Å². The van der Waals surface area contributed by atoms with Crippen LogP contribution in [0.15, 0.2) is 16.6 Å². The number of rotatable bonds is 4. The van der Waals surface area contributed by atoms with E-state index in [2.05, 4.69) is 21.2 Å². The van der Waals surface area contributed by atoms with Crippen molar-refractivity contribution in [2.45, 2.75) is 0 Å². The SMILES string of the molecule is CN(C)CCNC(=O)c1cc(N)c(F)cc1Br. The topological polar surface area (TPSA) is 58.4 Å². The molecule has 0 saturated carbocycles. The van der Waals surface area contributed by atoms with Gasteiger partial charge in [-0.05, 0) is 42.2 Å². The van der Waals surface area contributed by atoms with Gasteiger partial charge in [-0.15, -0.1) is 0 Å². The minimum absolute atomic E-state index is 0.0361. The third kappa shape index (κ3) is 3.98. The molecular weight excluding hydrogens is 289 g/mol. The van der Waals surface area contributed by atoms with Gasteiger partial charge in [-0.2, -0.15) is 0 Å². The lowest BCUT2D eigenvalue weighted by molar-refractivity contribution is 0.0950. The molecule has 94 valence electrons. The summed E-state index contributed by atoms with van der Waals surface area (Å²) < 4.78 is 13.5. The molecule has 0 radical (unpaired) electrons. The molecule has 0 heterocycles. The van der Waals surface area contributed by atoms with Gasteiger partial charge in [0.1, 0.15) is 5.82 Å². The van der Waals surface area contributed by atoms with Gasteiger partial charge in [-0.3, -0.25) is 4.79 Å². The summed E-state index contributed by atoms with van der Waals surface area (Å²) in [5, 5.41) is 2.73. The van der Waals surface area contributed by atoms with E-state index in [-0.39, 0.29) is 11.6 Å². The van der Waals surface area contributed by atoms with E-state index in [9.17, 15) is 9.18 Å². The van der Waals surface area contributed by atoms with E-state index in [1.807, 2.05) is 19.0 Å². The Bertz CT molecular complexity index is 423.